The number of H-pyrrole nitrogens is 1. The zero-order valence-electron chi connectivity index (χ0n) is 14.3. The van der Waals surface area contributed by atoms with Crippen LogP contribution in [0.5, 0.6) is 0 Å². The molecule has 6 nitrogen and oxygen atoms in total. The summed E-state index contributed by atoms with van der Waals surface area (Å²) in [4.78, 5) is 14.6. The maximum absolute atomic E-state index is 13.3. The topological polar surface area (TPSA) is 91.1 Å². The Hall–Kier alpha value is -1.97. The molecule has 3 N–H and O–H groups in total. The molecule has 0 aliphatic carbocycles. The van der Waals surface area contributed by atoms with E-state index in [1.54, 1.807) is 20.8 Å². The van der Waals surface area contributed by atoms with Crippen molar-refractivity contribution in [3.8, 4) is 0 Å². The molecule has 0 fully saturated rings. The van der Waals surface area contributed by atoms with E-state index in [4.69, 9.17) is 11.6 Å². The van der Waals surface area contributed by atoms with Crippen molar-refractivity contribution in [3.05, 3.63) is 52.3 Å². The summed E-state index contributed by atoms with van der Waals surface area (Å²) in [7, 11) is -3.78. The summed E-state index contributed by atoms with van der Waals surface area (Å²) in [6.45, 7) is 4.96. The minimum absolute atomic E-state index is 0.00737. The molecule has 1 amide bonds. The number of nitrogens with one attached hydrogen (secondary N) is 3. The van der Waals surface area contributed by atoms with Gasteiger partial charge in [-0.1, -0.05) is 11.6 Å². The number of benzene rings is 1. The zero-order valence-corrected chi connectivity index (χ0v) is 15.9. The van der Waals surface area contributed by atoms with Crippen molar-refractivity contribution in [2.45, 2.75) is 37.8 Å². The molecule has 0 aliphatic heterocycles. The van der Waals surface area contributed by atoms with E-state index in [-0.39, 0.29) is 22.7 Å². The second kappa shape index (κ2) is 7.34. The van der Waals surface area contributed by atoms with Crippen molar-refractivity contribution in [3.63, 3.8) is 0 Å². The summed E-state index contributed by atoms with van der Waals surface area (Å²) in [5, 5.41) is 2.08. The molecule has 0 atom stereocenters. The Balaban J connectivity index is 2.09. The molecule has 0 unspecified atom stereocenters. The molecule has 1 heterocycles. The normalized spacial score (nSPS) is 12.2. The molecule has 0 spiro atoms. The fraction of sp³-hybridized carbons (Fsp3) is 0.312. The van der Waals surface area contributed by atoms with Gasteiger partial charge in [0.1, 0.15) is 10.6 Å². The molecule has 0 aliphatic rings. The van der Waals surface area contributed by atoms with E-state index in [9.17, 15) is 22.0 Å². The van der Waals surface area contributed by atoms with Gasteiger partial charge in [-0.15, -0.1) is 0 Å². The summed E-state index contributed by atoms with van der Waals surface area (Å²) < 4.78 is 53.3. The first-order chi connectivity index (χ1) is 11.9. The number of hydrogen-bond donors (Lipinski definition) is 3. The van der Waals surface area contributed by atoms with Gasteiger partial charge in [0.15, 0.2) is 11.6 Å². The van der Waals surface area contributed by atoms with Crippen molar-refractivity contribution < 1.29 is 22.0 Å². The van der Waals surface area contributed by atoms with E-state index >= 15 is 0 Å². The van der Waals surface area contributed by atoms with Crippen LogP contribution in [0, 0.1) is 11.6 Å². The van der Waals surface area contributed by atoms with E-state index in [1.165, 1.54) is 18.3 Å². The highest BCUT2D eigenvalue weighted by Gasteiger charge is 2.24. The number of rotatable bonds is 5. The van der Waals surface area contributed by atoms with Crippen LogP contribution < -0.4 is 10.0 Å². The first-order valence-electron chi connectivity index (χ1n) is 7.53. The second-order valence-corrected chi connectivity index (χ2v) is 8.75. The van der Waals surface area contributed by atoms with E-state index in [1.807, 2.05) is 0 Å². The minimum Gasteiger partial charge on any atom is -0.356 e. The second-order valence-electron chi connectivity index (χ2n) is 6.66. The molecular weight excluding hydrogens is 388 g/mol. The lowest BCUT2D eigenvalue weighted by Gasteiger charge is -2.19. The molecule has 0 radical (unpaired) electrons. The Morgan fingerprint density at radius 2 is 1.88 bits per heavy atom. The molecule has 2 aromatic rings. The molecule has 2 rings (SSSR count). The fourth-order valence-corrected chi connectivity index (χ4v) is 3.75. The smallest absolute Gasteiger partial charge is 0.268 e. The Kier molecular flexibility index (Phi) is 5.74. The number of halogens is 3. The van der Waals surface area contributed by atoms with Gasteiger partial charge in [-0.2, -0.15) is 0 Å². The Labute approximate surface area is 155 Å². The van der Waals surface area contributed by atoms with Crippen molar-refractivity contribution in [2.24, 2.45) is 0 Å². The van der Waals surface area contributed by atoms with Gasteiger partial charge in [0, 0.05) is 18.3 Å². The number of sulfonamides is 1. The lowest BCUT2D eigenvalue weighted by molar-refractivity contribution is 0.0946. The van der Waals surface area contributed by atoms with Crippen LogP contribution in [0.2, 0.25) is 5.02 Å². The maximum atomic E-state index is 13.3. The number of carbonyl (C=O) groups is 1. The highest BCUT2D eigenvalue weighted by atomic mass is 35.5. The molecule has 1 aromatic carbocycles. The fourth-order valence-electron chi connectivity index (χ4n) is 2.11. The van der Waals surface area contributed by atoms with Crippen LogP contribution in [0.15, 0.2) is 29.3 Å². The Morgan fingerprint density at radius 3 is 2.46 bits per heavy atom. The largest absolute Gasteiger partial charge is 0.356 e. The van der Waals surface area contributed by atoms with Gasteiger partial charge in [-0.25, -0.2) is 21.9 Å². The lowest BCUT2D eigenvalue weighted by atomic mass is 10.1. The zero-order chi connectivity index (χ0) is 19.7. The predicted molar refractivity (Wildman–Crippen MR) is 93.4 cm³/mol. The summed E-state index contributed by atoms with van der Waals surface area (Å²) in [5.74, 6) is -2.89. The van der Waals surface area contributed by atoms with Crippen molar-refractivity contribution in [1.82, 2.24) is 15.0 Å². The number of aromatic amines is 1. The minimum atomic E-state index is -3.78. The molecule has 26 heavy (non-hydrogen) atoms. The predicted octanol–water partition coefficient (Wildman–Crippen LogP) is 2.95. The van der Waals surface area contributed by atoms with E-state index in [0.29, 0.717) is 0 Å². The average molecular weight is 406 g/mol. The van der Waals surface area contributed by atoms with Crippen LogP contribution in [0.1, 0.15) is 36.8 Å². The SMILES string of the molecule is CC(C)(C)NS(=O)(=O)c1c[nH]c(C(=O)NCc2cc(F)c(F)c(Cl)c2)c1. The van der Waals surface area contributed by atoms with Crippen LogP contribution >= 0.6 is 11.6 Å². The standard InChI is InChI=1S/C16H18ClF2N3O3S/c1-16(2,3)22-26(24,25)10-6-13(20-8-10)15(23)21-7-9-4-11(17)14(19)12(18)5-9/h4-6,8,20,22H,7H2,1-3H3,(H,21,23). The van der Waals surface area contributed by atoms with Crippen LogP contribution in [-0.2, 0) is 16.6 Å². The van der Waals surface area contributed by atoms with Crippen LogP contribution in [0.4, 0.5) is 8.78 Å². The lowest BCUT2D eigenvalue weighted by Crippen LogP contribution is -2.40. The van der Waals surface area contributed by atoms with Crippen molar-refractivity contribution in [2.75, 3.05) is 0 Å². The van der Waals surface area contributed by atoms with Gasteiger partial charge in [0.2, 0.25) is 10.0 Å². The van der Waals surface area contributed by atoms with Gasteiger partial charge in [0.05, 0.1) is 5.02 Å². The quantitative estimate of drug-likeness (QED) is 0.668. The van der Waals surface area contributed by atoms with E-state index in [2.05, 4.69) is 15.0 Å². The first-order valence-corrected chi connectivity index (χ1v) is 9.39. The molecule has 0 saturated heterocycles. The van der Waals surface area contributed by atoms with E-state index < -0.39 is 38.1 Å². The molecule has 1 aromatic heterocycles. The highest BCUT2D eigenvalue weighted by Crippen LogP contribution is 2.20. The monoisotopic (exact) mass is 405 g/mol. The Bertz CT molecular complexity index is 913. The van der Waals surface area contributed by atoms with Gasteiger partial charge in [-0.3, -0.25) is 4.79 Å². The van der Waals surface area contributed by atoms with Crippen molar-refractivity contribution >= 4 is 27.5 Å². The van der Waals surface area contributed by atoms with Crippen molar-refractivity contribution in [1.29, 1.82) is 0 Å². The summed E-state index contributed by atoms with van der Waals surface area (Å²) in [6, 6.07) is 3.29. The first kappa shape index (κ1) is 20.3. The number of carbonyl (C=O) groups excluding carboxylic acids is 1. The maximum Gasteiger partial charge on any atom is 0.268 e. The summed E-state index contributed by atoms with van der Waals surface area (Å²) in [6.07, 6.45) is 1.19. The van der Waals surface area contributed by atoms with Gasteiger partial charge < -0.3 is 10.3 Å². The summed E-state index contributed by atoms with van der Waals surface area (Å²) in [5.41, 5.74) is -0.409. The molecule has 10 heteroatoms. The molecule has 0 saturated carbocycles. The average Bonchev–Trinajstić information content (AvgIpc) is 2.98. The third-order valence-corrected chi connectivity index (χ3v) is 5.16. The van der Waals surface area contributed by atoms with Gasteiger partial charge in [-0.05, 0) is 44.5 Å². The number of amides is 1. The van der Waals surface area contributed by atoms with E-state index in [0.717, 1.165) is 6.07 Å². The third-order valence-electron chi connectivity index (χ3n) is 3.15. The molecule has 0 bridgehead atoms. The number of hydrogen-bond acceptors (Lipinski definition) is 3. The van der Waals surface area contributed by atoms with Crippen LogP contribution in [-0.4, -0.2) is 24.8 Å². The van der Waals surface area contributed by atoms with Crippen LogP contribution in [0.25, 0.3) is 0 Å². The third kappa shape index (κ3) is 5.03. The highest BCUT2D eigenvalue weighted by molar-refractivity contribution is 7.89. The molecular formula is C16H18ClF2N3O3S. The molecule has 142 valence electrons. The Morgan fingerprint density at radius 1 is 1.23 bits per heavy atom. The number of aromatic nitrogens is 1. The summed E-state index contributed by atoms with van der Waals surface area (Å²) >= 11 is 5.55. The van der Waals surface area contributed by atoms with Crippen LogP contribution in [0.3, 0.4) is 0 Å². The van der Waals surface area contributed by atoms with Gasteiger partial charge in [0.25, 0.3) is 5.91 Å². The van der Waals surface area contributed by atoms with Gasteiger partial charge >= 0.3 is 0 Å².